The van der Waals surface area contributed by atoms with Gasteiger partial charge in [0, 0.05) is 20.1 Å². The van der Waals surface area contributed by atoms with Gasteiger partial charge in [-0.05, 0) is 5.41 Å². The molecule has 1 heterocycles. The van der Waals surface area contributed by atoms with E-state index in [0.717, 1.165) is 0 Å². The number of ether oxygens (including phenoxy) is 1. The summed E-state index contributed by atoms with van der Waals surface area (Å²) in [6.45, 7) is 7.46. The first kappa shape index (κ1) is 13.8. The molecule has 1 rings (SSSR count). The number of carbonyl (C=O) groups excluding carboxylic acids is 2. The molecule has 5 heteroatoms. The Labute approximate surface area is 103 Å². The Kier molecular flexibility index (Phi) is 4.01. The minimum atomic E-state index is -0.278. The van der Waals surface area contributed by atoms with Crippen molar-refractivity contribution in [2.75, 3.05) is 27.2 Å². The van der Waals surface area contributed by atoms with Gasteiger partial charge in [0.15, 0.2) is 0 Å². The van der Waals surface area contributed by atoms with Gasteiger partial charge < -0.3 is 14.5 Å². The quantitative estimate of drug-likeness (QED) is 0.702. The number of carbonyl (C=O) groups is 2. The Morgan fingerprint density at radius 3 is 2.47 bits per heavy atom. The van der Waals surface area contributed by atoms with Crippen molar-refractivity contribution in [1.29, 1.82) is 0 Å². The maximum atomic E-state index is 12.0. The van der Waals surface area contributed by atoms with Gasteiger partial charge in [0.1, 0.15) is 0 Å². The van der Waals surface area contributed by atoms with E-state index < -0.39 is 0 Å². The summed E-state index contributed by atoms with van der Waals surface area (Å²) < 4.78 is 4.58. The van der Waals surface area contributed by atoms with Gasteiger partial charge >= 0.3 is 12.0 Å². The Morgan fingerprint density at radius 2 is 2.06 bits per heavy atom. The number of hydrogen-bond acceptors (Lipinski definition) is 3. The number of likely N-dealkylation sites (N-methyl/N-ethyl adjacent to an activating group) is 1. The van der Waals surface area contributed by atoms with E-state index >= 15 is 0 Å². The highest BCUT2D eigenvalue weighted by molar-refractivity contribution is 5.78. The molecule has 0 aromatic carbocycles. The summed E-state index contributed by atoms with van der Waals surface area (Å²) in [5, 5.41) is 0. The average molecular weight is 242 g/mol. The summed E-state index contributed by atoms with van der Waals surface area (Å²) >= 11 is 0. The SMILES string of the molecule is COC(=O)CCN1CC(C(C)(C)C)N(C)C1=O. The maximum absolute atomic E-state index is 12.0. The number of methoxy groups -OCH3 is 1. The van der Waals surface area contributed by atoms with Gasteiger partial charge in [0.2, 0.25) is 0 Å². The van der Waals surface area contributed by atoms with E-state index in [1.807, 2.05) is 7.05 Å². The summed E-state index contributed by atoms with van der Waals surface area (Å²) in [5.41, 5.74) is 0.0461. The fourth-order valence-corrected chi connectivity index (χ4v) is 2.14. The number of esters is 1. The van der Waals surface area contributed by atoms with Crippen molar-refractivity contribution >= 4 is 12.0 Å². The normalized spacial score (nSPS) is 21.0. The fourth-order valence-electron chi connectivity index (χ4n) is 2.14. The van der Waals surface area contributed by atoms with Crippen LogP contribution in [0.25, 0.3) is 0 Å². The lowest BCUT2D eigenvalue weighted by atomic mass is 9.86. The lowest BCUT2D eigenvalue weighted by Crippen LogP contribution is -2.39. The summed E-state index contributed by atoms with van der Waals surface area (Å²) in [6, 6.07) is 0.182. The van der Waals surface area contributed by atoms with E-state index in [0.29, 0.717) is 13.1 Å². The zero-order chi connectivity index (χ0) is 13.2. The number of amides is 2. The molecule has 0 radical (unpaired) electrons. The van der Waals surface area contributed by atoms with Crippen LogP contribution < -0.4 is 0 Å². The first-order valence-electron chi connectivity index (χ1n) is 5.86. The van der Waals surface area contributed by atoms with Crippen LogP contribution in [0.4, 0.5) is 4.79 Å². The summed E-state index contributed by atoms with van der Waals surface area (Å²) in [7, 11) is 3.18. The van der Waals surface area contributed by atoms with Crippen LogP contribution in [0, 0.1) is 5.41 Å². The number of rotatable bonds is 3. The van der Waals surface area contributed by atoms with Crippen molar-refractivity contribution in [2.45, 2.75) is 33.2 Å². The molecule has 1 unspecified atom stereocenters. The third-order valence-electron chi connectivity index (χ3n) is 3.25. The van der Waals surface area contributed by atoms with Crippen LogP contribution in [-0.4, -0.2) is 55.1 Å². The van der Waals surface area contributed by atoms with Gasteiger partial charge in [0.05, 0.1) is 19.6 Å². The Hall–Kier alpha value is -1.26. The van der Waals surface area contributed by atoms with Gasteiger partial charge in [-0.25, -0.2) is 4.79 Å². The van der Waals surface area contributed by atoms with Gasteiger partial charge in [-0.3, -0.25) is 4.79 Å². The predicted octanol–water partition coefficient (Wildman–Crippen LogP) is 1.33. The summed E-state index contributed by atoms with van der Waals surface area (Å²) in [6.07, 6.45) is 0.257. The molecular formula is C12H22N2O3. The first-order valence-corrected chi connectivity index (χ1v) is 5.86. The molecule has 0 N–H and O–H groups in total. The molecule has 1 aliphatic rings. The van der Waals surface area contributed by atoms with E-state index in [-0.39, 0.29) is 29.9 Å². The Morgan fingerprint density at radius 1 is 1.47 bits per heavy atom. The van der Waals surface area contributed by atoms with Crippen LogP contribution in [-0.2, 0) is 9.53 Å². The third kappa shape index (κ3) is 3.11. The lowest BCUT2D eigenvalue weighted by molar-refractivity contribution is -0.140. The van der Waals surface area contributed by atoms with Crippen molar-refractivity contribution in [2.24, 2.45) is 5.41 Å². The number of nitrogens with zero attached hydrogens (tertiary/aromatic N) is 2. The lowest BCUT2D eigenvalue weighted by Gasteiger charge is -2.30. The number of urea groups is 1. The van der Waals surface area contributed by atoms with Crippen LogP contribution in [0.15, 0.2) is 0 Å². The van der Waals surface area contributed by atoms with Crippen molar-refractivity contribution in [3.8, 4) is 0 Å². The predicted molar refractivity (Wildman–Crippen MR) is 64.6 cm³/mol. The highest BCUT2D eigenvalue weighted by Crippen LogP contribution is 2.29. The second kappa shape index (κ2) is 4.94. The molecule has 5 nitrogen and oxygen atoms in total. The molecule has 0 aromatic rings. The van der Waals surface area contributed by atoms with E-state index in [1.54, 1.807) is 9.80 Å². The molecular weight excluding hydrogens is 220 g/mol. The van der Waals surface area contributed by atoms with Gasteiger partial charge in [-0.1, -0.05) is 20.8 Å². The third-order valence-corrected chi connectivity index (χ3v) is 3.25. The first-order chi connectivity index (χ1) is 7.77. The standard InChI is InChI=1S/C12H22N2O3/c1-12(2,3)9-8-14(11(16)13(9)4)7-6-10(15)17-5/h9H,6-8H2,1-5H3. The van der Waals surface area contributed by atoms with Gasteiger partial charge in [0.25, 0.3) is 0 Å². The maximum Gasteiger partial charge on any atom is 0.320 e. The van der Waals surface area contributed by atoms with E-state index in [4.69, 9.17) is 0 Å². The number of hydrogen-bond donors (Lipinski definition) is 0. The zero-order valence-corrected chi connectivity index (χ0v) is 11.3. The van der Waals surface area contributed by atoms with Crippen molar-refractivity contribution < 1.29 is 14.3 Å². The van der Waals surface area contributed by atoms with Crippen molar-refractivity contribution in [3.63, 3.8) is 0 Å². The molecule has 1 saturated heterocycles. The van der Waals surface area contributed by atoms with E-state index in [2.05, 4.69) is 25.5 Å². The molecule has 0 aromatic heterocycles. The van der Waals surface area contributed by atoms with Gasteiger partial charge in [-0.2, -0.15) is 0 Å². The molecule has 2 amide bonds. The molecule has 0 saturated carbocycles. The highest BCUT2D eigenvalue weighted by atomic mass is 16.5. The molecule has 1 fully saturated rings. The molecule has 98 valence electrons. The van der Waals surface area contributed by atoms with Gasteiger partial charge in [-0.15, -0.1) is 0 Å². The Bertz CT molecular complexity index is 309. The molecule has 0 aliphatic carbocycles. The topological polar surface area (TPSA) is 49.9 Å². The van der Waals surface area contributed by atoms with Crippen LogP contribution >= 0.6 is 0 Å². The molecule has 1 atom stereocenters. The van der Waals surface area contributed by atoms with Crippen LogP contribution in [0.1, 0.15) is 27.2 Å². The molecule has 17 heavy (non-hydrogen) atoms. The van der Waals surface area contributed by atoms with Crippen molar-refractivity contribution in [1.82, 2.24) is 9.80 Å². The van der Waals surface area contributed by atoms with Crippen LogP contribution in [0.3, 0.4) is 0 Å². The van der Waals surface area contributed by atoms with E-state index in [1.165, 1.54) is 7.11 Å². The fraction of sp³-hybridized carbons (Fsp3) is 0.833. The second-order valence-electron chi connectivity index (χ2n) is 5.55. The Balaban J connectivity index is 2.60. The zero-order valence-electron chi connectivity index (χ0n) is 11.3. The van der Waals surface area contributed by atoms with Crippen LogP contribution in [0.2, 0.25) is 0 Å². The average Bonchev–Trinajstić information content (AvgIpc) is 2.52. The monoisotopic (exact) mass is 242 g/mol. The minimum Gasteiger partial charge on any atom is -0.469 e. The molecule has 1 aliphatic heterocycles. The molecule has 0 bridgehead atoms. The van der Waals surface area contributed by atoms with Crippen LogP contribution in [0.5, 0.6) is 0 Å². The minimum absolute atomic E-state index is 0.00571. The summed E-state index contributed by atoms with van der Waals surface area (Å²) in [5.74, 6) is -0.278. The van der Waals surface area contributed by atoms with E-state index in [9.17, 15) is 9.59 Å². The summed E-state index contributed by atoms with van der Waals surface area (Å²) in [4.78, 5) is 26.5. The smallest absolute Gasteiger partial charge is 0.320 e. The highest BCUT2D eigenvalue weighted by Gasteiger charge is 2.40. The molecule has 0 spiro atoms. The largest absolute Gasteiger partial charge is 0.469 e. The van der Waals surface area contributed by atoms with Crippen molar-refractivity contribution in [3.05, 3.63) is 0 Å². The second-order valence-corrected chi connectivity index (χ2v) is 5.55.